The Morgan fingerprint density at radius 1 is 1.36 bits per heavy atom. The van der Waals surface area contributed by atoms with Gasteiger partial charge in [0.25, 0.3) is 0 Å². The number of carbonyl (C=O) groups excluding carboxylic acids is 1. The van der Waals surface area contributed by atoms with Crippen molar-refractivity contribution < 1.29 is 9.18 Å². The largest absolute Gasteiger partial charge is 0.356 e. The lowest BCUT2D eigenvalue weighted by atomic mass is 10.0. The summed E-state index contributed by atoms with van der Waals surface area (Å²) in [6.07, 6.45) is 3.39. The lowest BCUT2D eigenvalue weighted by Crippen LogP contribution is -2.42. The molecule has 1 aromatic heterocycles. The summed E-state index contributed by atoms with van der Waals surface area (Å²) in [4.78, 5) is 14.3. The number of piperidine rings is 1. The molecule has 1 atom stereocenters. The van der Waals surface area contributed by atoms with Crippen molar-refractivity contribution in [2.75, 3.05) is 17.6 Å². The molecule has 2 heterocycles. The van der Waals surface area contributed by atoms with E-state index in [4.69, 9.17) is 0 Å². The van der Waals surface area contributed by atoms with Crippen LogP contribution in [0.3, 0.4) is 0 Å². The molecule has 0 aliphatic carbocycles. The van der Waals surface area contributed by atoms with E-state index in [2.05, 4.69) is 22.4 Å². The third-order valence-corrected chi connectivity index (χ3v) is 6.20. The quantitative estimate of drug-likeness (QED) is 0.773. The molecule has 1 aromatic carbocycles. The van der Waals surface area contributed by atoms with Crippen LogP contribution in [0.25, 0.3) is 0 Å². The normalized spacial score (nSPS) is 17.5. The smallest absolute Gasteiger partial charge is 0.233 e. The Balaban J connectivity index is 1.46. The lowest BCUT2D eigenvalue weighted by Gasteiger charge is -2.33. The number of hydrogen-bond acceptors (Lipinski definition) is 6. The number of likely N-dealkylation sites (tertiary alicyclic amines) is 1. The Morgan fingerprint density at radius 3 is 2.92 bits per heavy atom. The third kappa shape index (κ3) is 5.15. The highest BCUT2D eigenvalue weighted by molar-refractivity contribution is 8.01. The number of aromatic nitrogens is 2. The van der Waals surface area contributed by atoms with E-state index < -0.39 is 0 Å². The minimum atomic E-state index is -0.244. The number of thioether (sulfide) groups is 1. The number of benzene rings is 1. The Labute approximate surface area is 155 Å². The predicted molar refractivity (Wildman–Crippen MR) is 99.4 cm³/mol. The van der Waals surface area contributed by atoms with Crippen LogP contribution >= 0.6 is 23.1 Å². The number of nitrogens with zero attached hydrogens (tertiary/aromatic N) is 3. The maximum Gasteiger partial charge on any atom is 0.233 e. The molecular weight excluding hydrogens is 359 g/mol. The van der Waals surface area contributed by atoms with Crippen LogP contribution in [-0.4, -0.2) is 39.3 Å². The SMILES string of the molecule is CC1CCCCN1C(=O)CSc1nnc(NCc2ccc(F)cc2)s1. The van der Waals surface area contributed by atoms with Crippen molar-refractivity contribution in [1.29, 1.82) is 0 Å². The summed E-state index contributed by atoms with van der Waals surface area (Å²) >= 11 is 2.86. The minimum absolute atomic E-state index is 0.174. The molecule has 0 spiro atoms. The number of anilines is 1. The molecule has 5 nitrogen and oxygen atoms in total. The van der Waals surface area contributed by atoms with E-state index in [-0.39, 0.29) is 11.7 Å². The Hall–Kier alpha value is -1.67. The van der Waals surface area contributed by atoms with Gasteiger partial charge in [0.2, 0.25) is 11.0 Å². The van der Waals surface area contributed by atoms with Crippen LogP contribution in [-0.2, 0) is 11.3 Å². The minimum Gasteiger partial charge on any atom is -0.356 e. The highest BCUT2D eigenvalue weighted by Gasteiger charge is 2.23. The number of amides is 1. The first kappa shape index (κ1) is 18.1. The van der Waals surface area contributed by atoms with Crippen molar-refractivity contribution in [1.82, 2.24) is 15.1 Å². The first-order valence-electron chi connectivity index (χ1n) is 8.36. The number of nitrogens with one attached hydrogen (secondary N) is 1. The molecule has 1 fully saturated rings. The molecule has 3 rings (SSSR count). The van der Waals surface area contributed by atoms with Crippen LogP contribution in [0.2, 0.25) is 0 Å². The maximum absolute atomic E-state index is 12.9. The average Bonchev–Trinajstić information content (AvgIpc) is 3.07. The predicted octanol–water partition coefficient (Wildman–Crippen LogP) is 3.78. The van der Waals surface area contributed by atoms with Crippen LogP contribution in [0.5, 0.6) is 0 Å². The number of hydrogen-bond donors (Lipinski definition) is 1. The van der Waals surface area contributed by atoms with Gasteiger partial charge in [-0.05, 0) is 43.9 Å². The summed E-state index contributed by atoms with van der Waals surface area (Å²) in [6.45, 7) is 3.54. The highest BCUT2D eigenvalue weighted by atomic mass is 32.2. The average molecular weight is 381 g/mol. The molecule has 0 radical (unpaired) electrons. The first-order valence-corrected chi connectivity index (χ1v) is 10.2. The van der Waals surface area contributed by atoms with Gasteiger partial charge in [0.1, 0.15) is 5.82 Å². The molecule has 2 aromatic rings. The van der Waals surface area contributed by atoms with Gasteiger partial charge in [0.05, 0.1) is 5.75 Å². The summed E-state index contributed by atoms with van der Waals surface area (Å²) in [5.41, 5.74) is 0.972. The van der Waals surface area contributed by atoms with Crippen LogP contribution in [0.4, 0.5) is 9.52 Å². The highest BCUT2D eigenvalue weighted by Crippen LogP contribution is 2.27. The van der Waals surface area contributed by atoms with E-state index in [0.717, 1.165) is 29.3 Å². The zero-order valence-electron chi connectivity index (χ0n) is 14.1. The van der Waals surface area contributed by atoms with Crippen LogP contribution in [0, 0.1) is 5.82 Å². The summed E-state index contributed by atoms with van der Waals surface area (Å²) in [5.74, 6) is 0.330. The van der Waals surface area contributed by atoms with E-state index in [9.17, 15) is 9.18 Å². The summed E-state index contributed by atoms with van der Waals surface area (Å²) < 4.78 is 13.7. The molecule has 1 N–H and O–H groups in total. The van der Waals surface area contributed by atoms with Crippen LogP contribution in [0.15, 0.2) is 28.6 Å². The van der Waals surface area contributed by atoms with Crippen molar-refractivity contribution in [3.8, 4) is 0 Å². The van der Waals surface area contributed by atoms with E-state index in [1.54, 1.807) is 12.1 Å². The van der Waals surface area contributed by atoms with Crippen molar-refractivity contribution in [2.24, 2.45) is 0 Å². The van der Waals surface area contributed by atoms with Crippen molar-refractivity contribution in [3.05, 3.63) is 35.6 Å². The van der Waals surface area contributed by atoms with Gasteiger partial charge in [-0.3, -0.25) is 4.79 Å². The van der Waals surface area contributed by atoms with E-state index >= 15 is 0 Å². The van der Waals surface area contributed by atoms with E-state index in [1.807, 2.05) is 4.90 Å². The number of rotatable bonds is 6. The molecular formula is C17H21FN4OS2. The van der Waals surface area contributed by atoms with E-state index in [1.165, 1.54) is 41.7 Å². The second-order valence-electron chi connectivity index (χ2n) is 6.07. The summed E-state index contributed by atoms with van der Waals surface area (Å²) in [6, 6.07) is 6.68. The zero-order valence-corrected chi connectivity index (χ0v) is 15.7. The Kier molecular flexibility index (Phi) is 6.25. The molecule has 1 saturated heterocycles. The van der Waals surface area contributed by atoms with Gasteiger partial charge < -0.3 is 10.2 Å². The van der Waals surface area contributed by atoms with Gasteiger partial charge in [-0.15, -0.1) is 10.2 Å². The molecule has 0 bridgehead atoms. The topological polar surface area (TPSA) is 58.1 Å². The lowest BCUT2D eigenvalue weighted by molar-refractivity contribution is -0.131. The van der Waals surface area contributed by atoms with E-state index in [0.29, 0.717) is 23.5 Å². The van der Waals surface area contributed by atoms with Crippen molar-refractivity contribution in [3.63, 3.8) is 0 Å². The molecule has 1 unspecified atom stereocenters. The summed E-state index contributed by atoms with van der Waals surface area (Å²) in [5, 5.41) is 12.1. The standard InChI is InChI=1S/C17H21FN4OS2/c1-12-4-2-3-9-22(12)15(23)11-24-17-21-20-16(25-17)19-10-13-5-7-14(18)8-6-13/h5-8,12H,2-4,9-11H2,1H3,(H,19,20). The summed E-state index contributed by atoms with van der Waals surface area (Å²) in [7, 11) is 0. The molecule has 8 heteroatoms. The molecule has 25 heavy (non-hydrogen) atoms. The van der Waals surface area contributed by atoms with Gasteiger partial charge >= 0.3 is 0 Å². The fourth-order valence-corrected chi connectivity index (χ4v) is 4.43. The second-order valence-corrected chi connectivity index (χ2v) is 8.27. The zero-order chi connectivity index (χ0) is 17.6. The number of halogens is 1. The fourth-order valence-electron chi connectivity index (χ4n) is 2.79. The van der Waals surface area contributed by atoms with Crippen LogP contribution < -0.4 is 5.32 Å². The molecule has 1 aliphatic rings. The molecule has 1 amide bonds. The van der Waals surface area contributed by atoms with Gasteiger partial charge in [0.15, 0.2) is 4.34 Å². The van der Waals surface area contributed by atoms with Gasteiger partial charge in [-0.1, -0.05) is 35.2 Å². The fraction of sp³-hybridized carbons (Fsp3) is 0.471. The van der Waals surface area contributed by atoms with Crippen molar-refractivity contribution in [2.45, 2.75) is 43.1 Å². The maximum atomic E-state index is 12.9. The second kappa shape index (κ2) is 8.62. The van der Waals surface area contributed by atoms with Gasteiger partial charge in [-0.2, -0.15) is 0 Å². The number of carbonyl (C=O) groups is 1. The Morgan fingerprint density at radius 2 is 2.16 bits per heavy atom. The third-order valence-electron chi connectivity index (χ3n) is 4.21. The monoisotopic (exact) mass is 380 g/mol. The van der Waals surface area contributed by atoms with Gasteiger partial charge in [0, 0.05) is 19.1 Å². The molecule has 0 saturated carbocycles. The Bertz CT molecular complexity index is 707. The van der Waals surface area contributed by atoms with Crippen molar-refractivity contribution >= 4 is 34.1 Å². The molecule has 1 aliphatic heterocycles. The van der Waals surface area contributed by atoms with Crippen LogP contribution in [0.1, 0.15) is 31.7 Å². The van der Waals surface area contributed by atoms with Gasteiger partial charge in [-0.25, -0.2) is 4.39 Å². The first-order chi connectivity index (χ1) is 12.1. The molecule has 134 valence electrons.